The van der Waals surface area contributed by atoms with E-state index in [1.54, 1.807) is 18.1 Å². The van der Waals surface area contributed by atoms with Gasteiger partial charge in [-0.05, 0) is 37.0 Å². The van der Waals surface area contributed by atoms with Crippen molar-refractivity contribution in [3.8, 4) is 11.5 Å². The lowest BCUT2D eigenvalue weighted by Crippen LogP contribution is -2.34. The van der Waals surface area contributed by atoms with Crippen molar-refractivity contribution in [1.82, 2.24) is 14.7 Å². The van der Waals surface area contributed by atoms with Crippen LogP contribution in [-0.4, -0.2) is 41.0 Å². The van der Waals surface area contributed by atoms with Crippen molar-refractivity contribution < 1.29 is 14.3 Å². The number of nitrogens with one attached hydrogen (secondary N) is 1. The molecule has 1 aliphatic rings. The number of benzene rings is 1. The Morgan fingerprint density at radius 3 is 2.70 bits per heavy atom. The number of carbonyl (C=O) groups is 1. The fourth-order valence-electron chi connectivity index (χ4n) is 2.91. The highest BCUT2D eigenvalue weighted by molar-refractivity contribution is 5.88. The number of aromatic nitrogens is 2. The van der Waals surface area contributed by atoms with E-state index in [1.165, 1.54) is 0 Å². The van der Waals surface area contributed by atoms with E-state index in [0.717, 1.165) is 30.0 Å². The fourth-order valence-corrected chi connectivity index (χ4v) is 2.91. The molecule has 1 aromatic heterocycles. The summed E-state index contributed by atoms with van der Waals surface area (Å²) in [5.41, 5.74) is 0.991. The zero-order valence-corrected chi connectivity index (χ0v) is 16.4. The summed E-state index contributed by atoms with van der Waals surface area (Å²) in [6.07, 6.45) is 2.72. The Morgan fingerprint density at radius 1 is 1.22 bits per heavy atom. The zero-order valence-electron chi connectivity index (χ0n) is 16.4. The average Bonchev–Trinajstić information content (AvgIpc) is 3.11. The van der Waals surface area contributed by atoms with E-state index in [2.05, 4.69) is 24.3 Å². The first kappa shape index (κ1) is 19.1. The van der Waals surface area contributed by atoms with E-state index in [1.807, 2.05) is 35.9 Å². The molecule has 1 aliphatic heterocycles. The van der Waals surface area contributed by atoms with E-state index in [-0.39, 0.29) is 12.1 Å². The van der Waals surface area contributed by atoms with Gasteiger partial charge in [0.15, 0.2) is 11.5 Å². The van der Waals surface area contributed by atoms with Gasteiger partial charge in [0, 0.05) is 19.7 Å². The number of hydrogen-bond acceptors (Lipinski definition) is 4. The number of ether oxygens (including phenoxy) is 2. The summed E-state index contributed by atoms with van der Waals surface area (Å²) >= 11 is 0. The molecule has 2 aromatic rings. The van der Waals surface area contributed by atoms with Gasteiger partial charge in [0.25, 0.3) is 0 Å². The molecule has 0 saturated heterocycles. The Bertz CT molecular complexity index is 787. The minimum Gasteiger partial charge on any atom is -0.486 e. The number of aryl methyl sites for hydroxylation is 1. The number of rotatable bonds is 6. The number of anilines is 1. The number of carbonyl (C=O) groups excluding carboxylic acids is 1. The predicted molar refractivity (Wildman–Crippen MR) is 104 cm³/mol. The highest BCUT2D eigenvalue weighted by Gasteiger charge is 2.21. The van der Waals surface area contributed by atoms with E-state index in [0.29, 0.717) is 24.9 Å². The van der Waals surface area contributed by atoms with Crippen LogP contribution >= 0.6 is 0 Å². The average molecular weight is 372 g/mol. The zero-order chi connectivity index (χ0) is 19.4. The lowest BCUT2D eigenvalue weighted by molar-refractivity contribution is 0.170. The highest BCUT2D eigenvalue weighted by atomic mass is 16.6. The Balaban J connectivity index is 1.66. The standard InChI is InChI=1S/C20H28N4O3/c1-14(2)8-10-24-19(7-9-21-24)22-20(25)23(4)15(3)16-5-6-17-18(13-16)27-12-11-26-17/h5-7,9,13-15H,8,10-12H2,1-4H3,(H,22,25)/t15-/m1/s1. The molecule has 146 valence electrons. The Hall–Kier alpha value is -2.70. The first-order valence-electron chi connectivity index (χ1n) is 9.41. The number of urea groups is 1. The normalized spacial score (nSPS) is 14.1. The molecular weight excluding hydrogens is 344 g/mol. The van der Waals surface area contributed by atoms with Crippen LogP contribution < -0.4 is 14.8 Å². The fraction of sp³-hybridized carbons (Fsp3) is 0.500. The predicted octanol–water partition coefficient (Wildman–Crippen LogP) is 3.93. The van der Waals surface area contributed by atoms with Crippen LogP contribution in [0.4, 0.5) is 10.6 Å². The van der Waals surface area contributed by atoms with E-state index < -0.39 is 0 Å². The van der Waals surface area contributed by atoms with Crippen molar-refractivity contribution in [1.29, 1.82) is 0 Å². The van der Waals surface area contributed by atoms with Crippen LogP contribution in [0.15, 0.2) is 30.5 Å². The summed E-state index contributed by atoms with van der Waals surface area (Å²) in [6.45, 7) is 8.22. The highest BCUT2D eigenvalue weighted by Crippen LogP contribution is 2.33. The molecular formula is C20H28N4O3. The Kier molecular flexibility index (Phi) is 5.88. The molecule has 3 rings (SSSR count). The number of hydrogen-bond donors (Lipinski definition) is 1. The minimum atomic E-state index is -0.177. The van der Waals surface area contributed by atoms with Gasteiger partial charge in [0.1, 0.15) is 19.0 Å². The van der Waals surface area contributed by atoms with Crippen LogP contribution in [0.1, 0.15) is 38.8 Å². The lowest BCUT2D eigenvalue weighted by Gasteiger charge is -2.27. The van der Waals surface area contributed by atoms with Crippen LogP contribution in [0.25, 0.3) is 0 Å². The van der Waals surface area contributed by atoms with Crippen molar-refractivity contribution >= 4 is 11.8 Å². The van der Waals surface area contributed by atoms with Crippen LogP contribution in [0, 0.1) is 5.92 Å². The molecule has 0 radical (unpaired) electrons. The van der Waals surface area contributed by atoms with Crippen molar-refractivity contribution in [3.05, 3.63) is 36.0 Å². The molecule has 1 atom stereocenters. The largest absolute Gasteiger partial charge is 0.486 e. The van der Waals surface area contributed by atoms with Gasteiger partial charge >= 0.3 is 6.03 Å². The first-order chi connectivity index (χ1) is 13.0. The van der Waals surface area contributed by atoms with Crippen molar-refractivity contribution in [3.63, 3.8) is 0 Å². The van der Waals surface area contributed by atoms with Crippen molar-refractivity contribution in [2.45, 2.75) is 39.8 Å². The summed E-state index contributed by atoms with van der Waals surface area (Å²) in [7, 11) is 1.78. The van der Waals surface area contributed by atoms with Gasteiger partial charge in [-0.3, -0.25) is 5.32 Å². The molecule has 0 bridgehead atoms. The molecule has 0 saturated carbocycles. The van der Waals surface area contributed by atoms with E-state index in [9.17, 15) is 4.79 Å². The Labute approximate surface area is 160 Å². The van der Waals surface area contributed by atoms with E-state index >= 15 is 0 Å². The maximum Gasteiger partial charge on any atom is 0.323 e. The molecule has 1 N–H and O–H groups in total. The molecule has 7 nitrogen and oxygen atoms in total. The summed E-state index contributed by atoms with van der Waals surface area (Å²) in [6, 6.07) is 7.33. The molecule has 0 aliphatic carbocycles. The SMILES string of the molecule is CC(C)CCn1nccc1NC(=O)N(C)[C@H](C)c1ccc2c(c1)OCCO2. The molecule has 1 aromatic carbocycles. The third-order valence-electron chi connectivity index (χ3n) is 4.82. The maximum absolute atomic E-state index is 12.7. The topological polar surface area (TPSA) is 68.6 Å². The third kappa shape index (κ3) is 4.53. The van der Waals surface area contributed by atoms with Gasteiger partial charge in [0.2, 0.25) is 0 Å². The number of fused-ring (bicyclic) bond motifs is 1. The molecule has 27 heavy (non-hydrogen) atoms. The van der Waals surface area contributed by atoms with Crippen LogP contribution in [-0.2, 0) is 6.54 Å². The van der Waals surface area contributed by atoms with Gasteiger partial charge in [-0.2, -0.15) is 5.10 Å². The van der Waals surface area contributed by atoms with Crippen molar-refractivity contribution in [2.75, 3.05) is 25.6 Å². The molecule has 0 spiro atoms. The number of nitrogens with zero attached hydrogens (tertiary/aromatic N) is 3. The third-order valence-corrected chi connectivity index (χ3v) is 4.82. The van der Waals surface area contributed by atoms with Crippen LogP contribution in [0.2, 0.25) is 0 Å². The maximum atomic E-state index is 12.7. The summed E-state index contributed by atoms with van der Waals surface area (Å²) in [4.78, 5) is 14.4. The van der Waals surface area contributed by atoms with Gasteiger partial charge in [0.05, 0.1) is 12.2 Å². The van der Waals surface area contributed by atoms with Crippen molar-refractivity contribution in [2.24, 2.45) is 5.92 Å². The molecule has 0 fully saturated rings. The number of amides is 2. The molecule has 0 unspecified atom stereocenters. The van der Waals surface area contributed by atoms with Crippen LogP contribution in [0.3, 0.4) is 0 Å². The second kappa shape index (κ2) is 8.33. The molecule has 7 heteroatoms. The lowest BCUT2D eigenvalue weighted by atomic mass is 10.1. The summed E-state index contributed by atoms with van der Waals surface area (Å²) in [5.74, 6) is 2.77. The minimum absolute atomic E-state index is 0.118. The summed E-state index contributed by atoms with van der Waals surface area (Å²) < 4.78 is 13.0. The first-order valence-corrected chi connectivity index (χ1v) is 9.41. The molecule has 2 amide bonds. The monoisotopic (exact) mass is 372 g/mol. The Morgan fingerprint density at radius 2 is 1.96 bits per heavy atom. The smallest absolute Gasteiger partial charge is 0.323 e. The second-order valence-electron chi connectivity index (χ2n) is 7.24. The second-order valence-corrected chi connectivity index (χ2v) is 7.24. The quantitative estimate of drug-likeness (QED) is 0.834. The van der Waals surface area contributed by atoms with Gasteiger partial charge in [-0.1, -0.05) is 19.9 Å². The van der Waals surface area contributed by atoms with Crippen LogP contribution in [0.5, 0.6) is 11.5 Å². The van der Waals surface area contributed by atoms with Gasteiger partial charge in [-0.15, -0.1) is 0 Å². The molecule has 2 heterocycles. The van der Waals surface area contributed by atoms with Gasteiger partial charge in [-0.25, -0.2) is 9.48 Å². The van der Waals surface area contributed by atoms with E-state index in [4.69, 9.17) is 9.47 Å². The van der Waals surface area contributed by atoms with Gasteiger partial charge < -0.3 is 14.4 Å². The summed E-state index contributed by atoms with van der Waals surface area (Å²) in [5, 5.41) is 7.26.